The Kier molecular flexibility index (Phi) is 6.18. The fourth-order valence-electron chi connectivity index (χ4n) is 4.22. The van der Waals surface area contributed by atoms with E-state index in [1.807, 2.05) is 0 Å². The number of aryl methyl sites for hydroxylation is 1. The van der Waals surface area contributed by atoms with Gasteiger partial charge in [0.25, 0.3) is 5.91 Å². The van der Waals surface area contributed by atoms with Crippen LogP contribution in [0.3, 0.4) is 0 Å². The van der Waals surface area contributed by atoms with Crippen molar-refractivity contribution in [2.75, 3.05) is 25.0 Å². The molecule has 0 radical (unpaired) electrons. The normalized spacial score (nSPS) is 21.8. The lowest BCUT2D eigenvalue weighted by Crippen LogP contribution is -2.36. The monoisotopic (exact) mass is 405 g/mol. The van der Waals surface area contributed by atoms with Crippen molar-refractivity contribution in [1.82, 2.24) is 10.2 Å². The van der Waals surface area contributed by atoms with Crippen LogP contribution in [0.5, 0.6) is 0 Å². The molecule has 2 aliphatic rings. The number of hydrogen-bond acceptors (Lipinski definition) is 3. The molecule has 158 valence electrons. The zero-order valence-corrected chi connectivity index (χ0v) is 17.9. The second kappa shape index (κ2) is 9.00. The van der Waals surface area contributed by atoms with E-state index in [0.29, 0.717) is 18.0 Å². The first kappa shape index (κ1) is 20.6. The second-order valence-corrected chi connectivity index (χ2v) is 8.77. The number of likely N-dealkylation sites (tertiary alicyclic amines) is 1. The van der Waals surface area contributed by atoms with Gasteiger partial charge in [-0.15, -0.1) is 0 Å². The van der Waals surface area contributed by atoms with Crippen molar-refractivity contribution < 1.29 is 9.59 Å². The van der Waals surface area contributed by atoms with E-state index < -0.39 is 0 Å². The van der Waals surface area contributed by atoms with Crippen LogP contribution >= 0.6 is 0 Å². The summed E-state index contributed by atoms with van der Waals surface area (Å²) in [5, 5.41) is 6.05. The third-order valence-corrected chi connectivity index (χ3v) is 6.36. The van der Waals surface area contributed by atoms with E-state index in [-0.39, 0.29) is 23.8 Å². The van der Waals surface area contributed by atoms with E-state index in [9.17, 15) is 9.59 Å². The molecule has 5 nitrogen and oxygen atoms in total. The minimum absolute atomic E-state index is 0.0752. The van der Waals surface area contributed by atoms with Crippen molar-refractivity contribution in [2.24, 2.45) is 11.8 Å². The maximum Gasteiger partial charge on any atom is 0.251 e. The lowest BCUT2D eigenvalue weighted by atomic mass is 10.0. The van der Waals surface area contributed by atoms with Crippen molar-refractivity contribution in [3.63, 3.8) is 0 Å². The highest BCUT2D eigenvalue weighted by atomic mass is 16.2. The molecule has 3 atom stereocenters. The quantitative estimate of drug-likeness (QED) is 0.727. The van der Waals surface area contributed by atoms with E-state index in [0.717, 1.165) is 25.2 Å². The van der Waals surface area contributed by atoms with Crippen molar-refractivity contribution >= 4 is 17.5 Å². The molecule has 3 unspecified atom stereocenters. The number of amides is 2. The Balaban J connectivity index is 1.36. The zero-order chi connectivity index (χ0) is 21.1. The molecule has 1 saturated carbocycles. The van der Waals surface area contributed by atoms with Gasteiger partial charge in [0.1, 0.15) is 0 Å². The fraction of sp³-hybridized carbons (Fsp3) is 0.440. The third-order valence-electron chi connectivity index (χ3n) is 6.36. The first-order valence-electron chi connectivity index (χ1n) is 11.0. The number of nitrogens with one attached hydrogen (secondary N) is 2. The van der Waals surface area contributed by atoms with Crippen LogP contribution < -0.4 is 10.6 Å². The molecule has 5 heteroatoms. The van der Waals surface area contributed by atoms with E-state index in [1.54, 1.807) is 24.3 Å². The molecule has 2 amide bonds. The summed E-state index contributed by atoms with van der Waals surface area (Å²) < 4.78 is 0. The topological polar surface area (TPSA) is 61.4 Å². The molecule has 1 saturated heterocycles. The van der Waals surface area contributed by atoms with Gasteiger partial charge >= 0.3 is 0 Å². The van der Waals surface area contributed by atoms with Gasteiger partial charge in [0.2, 0.25) is 5.91 Å². The highest BCUT2D eigenvalue weighted by Crippen LogP contribution is 2.38. The Bertz CT molecular complexity index is 886. The van der Waals surface area contributed by atoms with Gasteiger partial charge in [-0.2, -0.15) is 0 Å². The summed E-state index contributed by atoms with van der Waals surface area (Å²) >= 11 is 0. The molecule has 2 aromatic carbocycles. The zero-order valence-electron chi connectivity index (χ0n) is 17.9. The first-order valence-corrected chi connectivity index (χ1v) is 11.0. The summed E-state index contributed by atoms with van der Waals surface area (Å²) in [6.07, 6.45) is 3.39. The second-order valence-electron chi connectivity index (χ2n) is 8.77. The van der Waals surface area contributed by atoms with Crippen molar-refractivity contribution in [3.8, 4) is 0 Å². The highest BCUT2D eigenvalue weighted by Gasteiger charge is 2.39. The standard InChI is InChI=1S/C25H31N3O2/c1-17-5-7-19(8-6-17)23(28-13-3-4-14-28)16-26-24(29)20-9-11-21(12-10-20)27-25(30)22-15-18(22)2/h5-12,18,22-23H,3-4,13-16H2,1-2H3,(H,26,29)(H,27,30). The van der Waals surface area contributed by atoms with E-state index in [1.165, 1.54) is 24.0 Å². The lowest BCUT2D eigenvalue weighted by Gasteiger charge is -2.28. The molecular formula is C25H31N3O2. The number of anilines is 1. The minimum Gasteiger partial charge on any atom is -0.350 e. The molecule has 0 bridgehead atoms. The molecule has 0 spiro atoms. The van der Waals surface area contributed by atoms with Gasteiger partial charge in [0.05, 0.1) is 6.04 Å². The predicted octanol–water partition coefficient (Wildman–Crippen LogP) is 4.16. The largest absolute Gasteiger partial charge is 0.350 e. The van der Waals surface area contributed by atoms with Crippen LogP contribution in [0, 0.1) is 18.8 Å². The Morgan fingerprint density at radius 3 is 2.27 bits per heavy atom. The van der Waals surface area contributed by atoms with E-state index in [2.05, 4.69) is 53.6 Å². The highest BCUT2D eigenvalue weighted by molar-refractivity contribution is 5.97. The van der Waals surface area contributed by atoms with Gasteiger partial charge in [-0.25, -0.2) is 0 Å². The number of carbonyl (C=O) groups is 2. The average molecular weight is 406 g/mol. The minimum atomic E-state index is -0.0833. The average Bonchev–Trinajstić information content (AvgIpc) is 3.24. The molecule has 0 aromatic heterocycles. The summed E-state index contributed by atoms with van der Waals surface area (Å²) in [6.45, 7) is 6.90. The molecular weight excluding hydrogens is 374 g/mol. The number of rotatable bonds is 7. The summed E-state index contributed by atoms with van der Waals surface area (Å²) in [5.41, 5.74) is 3.84. The van der Waals surface area contributed by atoms with Gasteiger partial charge < -0.3 is 10.6 Å². The number of benzene rings is 2. The number of hydrogen-bond donors (Lipinski definition) is 2. The van der Waals surface area contributed by atoms with Crippen molar-refractivity contribution in [1.29, 1.82) is 0 Å². The van der Waals surface area contributed by atoms with Crippen LogP contribution in [0.4, 0.5) is 5.69 Å². The van der Waals surface area contributed by atoms with Crippen LogP contribution in [0.2, 0.25) is 0 Å². The van der Waals surface area contributed by atoms with Crippen LogP contribution in [0.15, 0.2) is 48.5 Å². The maximum absolute atomic E-state index is 12.7. The molecule has 2 aromatic rings. The summed E-state index contributed by atoms with van der Waals surface area (Å²) in [4.78, 5) is 27.3. The van der Waals surface area contributed by atoms with Gasteiger partial charge in [0, 0.05) is 23.7 Å². The smallest absolute Gasteiger partial charge is 0.251 e. The van der Waals surface area contributed by atoms with Crippen molar-refractivity contribution in [2.45, 2.75) is 39.2 Å². The fourth-order valence-corrected chi connectivity index (χ4v) is 4.22. The maximum atomic E-state index is 12.7. The van der Waals surface area contributed by atoms with Crippen LogP contribution in [0.25, 0.3) is 0 Å². The van der Waals surface area contributed by atoms with Gasteiger partial charge in [-0.3, -0.25) is 14.5 Å². The number of nitrogens with zero attached hydrogens (tertiary/aromatic N) is 1. The SMILES string of the molecule is Cc1ccc(C(CNC(=O)c2ccc(NC(=O)C3CC3C)cc2)N2CCCC2)cc1. The van der Waals surface area contributed by atoms with Crippen molar-refractivity contribution in [3.05, 3.63) is 65.2 Å². The van der Waals surface area contributed by atoms with E-state index in [4.69, 9.17) is 0 Å². The molecule has 1 aliphatic carbocycles. The summed E-state index contributed by atoms with van der Waals surface area (Å²) in [6, 6.07) is 16.0. The van der Waals surface area contributed by atoms with Gasteiger partial charge in [-0.1, -0.05) is 36.8 Å². The summed E-state index contributed by atoms with van der Waals surface area (Å²) in [5.74, 6) is 0.607. The van der Waals surface area contributed by atoms with E-state index >= 15 is 0 Å². The van der Waals surface area contributed by atoms with Gasteiger partial charge in [-0.05, 0) is 75.0 Å². The van der Waals surface area contributed by atoms with Crippen LogP contribution in [0.1, 0.15) is 53.7 Å². The Morgan fingerprint density at radius 2 is 1.67 bits per heavy atom. The molecule has 2 fully saturated rings. The molecule has 1 aliphatic heterocycles. The Hall–Kier alpha value is -2.66. The Labute approximate surface area is 178 Å². The Morgan fingerprint density at radius 1 is 1.03 bits per heavy atom. The van der Waals surface area contributed by atoms with Crippen LogP contribution in [-0.2, 0) is 4.79 Å². The predicted molar refractivity (Wildman–Crippen MR) is 119 cm³/mol. The van der Waals surface area contributed by atoms with Gasteiger partial charge in [0.15, 0.2) is 0 Å². The molecule has 2 N–H and O–H groups in total. The summed E-state index contributed by atoms with van der Waals surface area (Å²) in [7, 11) is 0. The third kappa shape index (κ3) is 4.90. The van der Waals surface area contributed by atoms with Crippen LogP contribution in [-0.4, -0.2) is 36.3 Å². The molecule has 4 rings (SSSR count). The first-order chi connectivity index (χ1) is 14.5. The molecule has 30 heavy (non-hydrogen) atoms. The lowest BCUT2D eigenvalue weighted by molar-refractivity contribution is -0.117. The molecule has 1 heterocycles. The number of carbonyl (C=O) groups excluding carboxylic acids is 2.